The zero-order chi connectivity index (χ0) is 22.7. The van der Waals surface area contributed by atoms with Gasteiger partial charge in [0, 0.05) is 64.3 Å². The van der Waals surface area contributed by atoms with E-state index < -0.39 is 17.5 Å². The van der Waals surface area contributed by atoms with Crippen LogP contribution in [0.25, 0.3) is 0 Å². The number of rotatable bonds is 4. The largest absolute Gasteiger partial charge is 0.342 e. The molecule has 174 valence electrons. The van der Waals surface area contributed by atoms with E-state index in [0.717, 1.165) is 38.1 Å². The van der Waals surface area contributed by atoms with Crippen LogP contribution in [-0.4, -0.2) is 96.2 Å². The Hall–Kier alpha value is -2.55. The lowest BCUT2D eigenvalue weighted by atomic mass is 9.94. The molecule has 1 aromatic rings. The summed E-state index contributed by atoms with van der Waals surface area (Å²) in [6.45, 7) is 5.45. The Labute approximate surface area is 186 Å². The van der Waals surface area contributed by atoms with E-state index in [2.05, 4.69) is 4.90 Å². The number of likely N-dealkylation sites (tertiary alicyclic amines) is 2. The van der Waals surface area contributed by atoms with Crippen LogP contribution in [0.15, 0.2) is 18.2 Å². The molecule has 0 radical (unpaired) electrons. The number of hydrogen-bond acceptors (Lipinski definition) is 4. The highest BCUT2D eigenvalue weighted by Crippen LogP contribution is 2.23. The normalized spacial score (nSPS) is 20.6. The minimum absolute atomic E-state index is 0.0931. The molecule has 0 saturated carbocycles. The number of halogens is 2. The molecule has 3 aliphatic rings. The van der Waals surface area contributed by atoms with Gasteiger partial charge in [-0.05, 0) is 37.8 Å². The maximum absolute atomic E-state index is 13.9. The minimum atomic E-state index is -0.866. The lowest BCUT2D eigenvalue weighted by Gasteiger charge is -2.38. The van der Waals surface area contributed by atoms with E-state index >= 15 is 0 Å². The quantitative estimate of drug-likeness (QED) is 0.702. The molecule has 7 nitrogen and oxygen atoms in total. The molecule has 3 heterocycles. The predicted molar refractivity (Wildman–Crippen MR) is 114 cm³/mol. The van der Waals surface area contributed by atoms with Crippen molar-refractivity contribution in [1.82, 2.24) is 19.6 Å². The van der Waals surface area contributed by atoms with Gasteiger partial charge < -0.3 is 14.7 Å². The van der Waals surface area contributed by atoms with Crippen LogP contribution in [0.1, 0.15) is 36.0 Å². The van der Waals surface area contributed by atoms with E-state index in [1.807, 2.05) is 9.80 Å². The van der Waals surface area contributed by atoms with Gasteiger partial charge >= 0.3 is 0 Å². The fourth-order valence-corrected chi connectivity index (χ4v) is 4.81. The third kappa shape index (κ3) is 5.09. The number of hydrogen-bond donors (Lipinski definition) is 0. The highest BCUT2D eigenvalue weighted by atomic mass is 19.1. The van der Waals surface area contributed by atoms with Gasteiger partial charge in [-0.3, -0.25) is 19.3 Å². The molecule has 3 fully saturated rings. The highest BCUT2D eigenvalue weighted by molar-refractivity contribution is 5.94. The van der Waals surface area contributed by atoms with Crippen molar-refractivity contribution in [3.63, 3.8) is 0 Å². The zero-order valence-electron chi connectivity index (χ0n) is 18.3. The second-order valence-corrected chi connectivity index (χ2v) is 8.88. The summed E-state index contributed by atoms with van der Waals surface area (Å²) in [5, 5.41) is 0. The molecule has 0 spiro atoms. The Morgan fingerprint density at radius 3 is 2.09 bits per heavy atom. The Kier molecular flexibility index (Phi) is 7.03. The predicted octanol–water partition coefficient (Wildman–Crippen LogP) is 1.58. The summed E-state index contributed by atoms with van der Waals surface area (Å²) in [7, 11) is 0. The van der Waals surface area contributed by atoms with Crippen molar-refractivity contribution in [1.29, 1.82) is 0 Å². The molecule has 3 amide bonds. The van der Waals surface area contributed by atoms with Gasteiger partial charge in [0.2, 0.25) is 11.8 Å². The monoisotopic (exact) mass is 448 g/mol. The molecule has 0 aliphatic carbocycles. The Bertz CT molecular complexity index is 859. The third-order valence-corrected chi connectivity index (χ3v) is 6.79. The Morgan fingerprint density at radius 2 is 1.47 bits per heavy atom. The van der Waals surface area contributed by atoms with Crippen molar-refractivity contribution >= 4 is 17.7 Å². The Morgan fingerprint density at radius 1 is 0.812 bits per heavy atom. The maximum atomic E-state index is 13.9. The number of nitrogens with zero attached hydrogens (tertiary/aromatic N) is 4. The van der Waals surface area contributed by atoms with Gasteiger partial charge in [-0.2, -0.15) is 0 Å². The van der Waals surface area contributed by atoms with E-state index in [4.69, 9.17) is 0 Å². The summed E-state index contributed by atoms with van der Waals surface area (Å²) < 4.78 is 27.0. The topological polar surface area (TPSA) is 64.2 Å². The zero-order valence-corrected chi connectivity index (χ0v) is 18.3. The molecule has 3 aliphatic heterocycles. The molecule has 9 heteroatoms. The van der Waals surface area contributed by atoms with Gasteiger partial charge in [0.05, 0.1) is 12.1 Å². The lowest BCUT2D eigenvalue weighted by Crippen LogP contribution is -2.53. The number of amides is 3. The molecule has 1 aromatic carbocycles. The van der Waals surface area contributed by atoms with E-state index in [-0.39, 0.29) is 23.3 Å². The molecular formula is C23H30F2N4O3. The van der Waals surface area contributed by atoms with Crippen LogP contribution in [-0.2, 0) is 9.59 Å². The number of piperazine rings is 1. The van der Waals surface area contributed by atoms with Crippen LogP contribution in [0.3, 0.4) is 0 Å². The number of carbonyl (C=O) groups excluding carboxylic acids is 3. The van der Waals surface area contributed by atoms with Crippen LogP contribution in [0.4, 0.5) is 8.78 Å². The van der Waals surface area contributed by atoms with E-state index in [1.165, 1.54) is 4.90 Å². The summed E-state index contributed by atoms with van der Waals surface area (Å²) in [6.07, 6.45) is 3.22. The molecule has 0 aromatic heterocycles. The van der Waals surface area contributed by atoms with Crippen molar-refractivity contribution in [3.05, 3.63) is 35.4 Å². The van der Waals surface area contributed by atoms with E-state index in [0.29, 0.717) is 64.7 Å². The number of carbonyl (C=O) groups is 3. The van der Waals surface area contributed by atoms with Gasteiger partial charge in [-0.25, -0.2) is 8.78 Å². The van der Waals surface area contributed by atoms with Crippen LogP contribution in [0.2, 0.25) is 0 Å². The average Bonchev–Trinajstić information content (AvgIpc) is 3.34. The first-order valence-corrected chi connectivity index (χ1v) is 11.5. The van der Waals surface area contributed by atoms with Crippen molar-refractivity contribution in [2.45, 2.75) is 25.7 Å². The van der Waals surface area contributed by atoms with Gasteiger partial charge in [-0.1, -0.05) is 0 Å². The van der Waals surface area contributed by atoms with Crippen molar-refractivity contribution < 1.29 is 23.2 Å². The van der Waals surface area contributed by atoms with Crippen LogP contribution in [0.5, 0.6) is 0 Å². The standard InChI is InChI=1S/C23H30F2N4O3/c24-18-3-4-19(20(25)15-18)23(32)28-9-5-17(6-10-28)22(31)29-13-11-26(12-14-29)16-21(30)27-7-1-2-8-27/h3-4,15,17H,1-2,5-14,16H2. The second-order valence-electron chi connectivity index (χ2n) is 8.88. The van der Waals surface area contributed by atoms with Gasteiger partial charge in [0.15, 0.2) is 0 Å². The van der Waals surface area contributed by atoms with E-state index in [9.17, 15) is 23.2 Å². The summed E-state index contributed by atoms with van der Waals surface area (Å²) in [5.41, 5.74) is -0.143. The van der Waals surface area contributed by atoms with Gasteiger partial charge in [-0.15, -0.1) is 0 Å². The first-order chi connectivity index (χ1) is 15.4. The van der Waals surface area contributed by atoms with Crippen molar-refractivity contribution in [3.8, 4) is 0 Å². The molecule has 0 bridgehead atoms. The summed E-state index contributed by atoms with van der Waals surface area (Å²) in [4.78, 5) is 45.3. The Balaban J connectivity index is 1.22. The average molecular weight is 449 g/mol. The SMILES string of the molecule is O=C(CN1CCN(C(=O)C2CCN(C(=O)c3ccc(F)cc3F)CC2)CC1)N1CCCC1. The maximum Gasteiger partial charge on any atom is 0.256 e. The fraction of sp³-hybridized carbons (Fsp3) is 0.609. The lowest BCUT2D eigenvalue weighted by molar-refractivity contribution is -0.139. The highest BCUT2D eigenvalue weighted by Gasteiger charge is 2.33. The molecule has 32 heavy (non-hydrogen) atoms. The fourth-order valence-electron chi connectivity index (χ4n) is 4.81. The number of benzene rings is 1. The molecule has 0 N–H and O–H groups in total. The molecule has 0 atom stereocenters. The first-order valence-electron chi connectivity index (χ1n) is 11.5. The first kappa shape index (κ1) is 22.6. The molecule has 3 saturated heterocycles. The van der Waals surface area contributed by atoms with Crippen molar-refractivity contribution in [2.75, 3.05) is 58.9 Å². The smallest absolute Gasteiger partial charge is 0.256 e. The number of piperidine rings is 1. The van der Waals surface area contributed by atoms with Gasteiger partial charge in [0.25, 0.3) is 5.91 Å². The van der Waals surface area contributed by atoms with Crippen LogP contribution >= 0.6 is 0 Å². The summed E-state index contributed by atoms with van der Waals surface area (Å²) >= 11 is 0. The minimum Gasteiger partial charge on any atom is -0.342 e. The van der Waals surface area contributed by atoms with Crippen molar-refractivity contribution in [2.24, 2.45) is 5.92 Å². The third-order valence-electron chi connectivity index (χ3n) is 6.79. The van der Waals surface area contributed by atoms with Crippen LogP contribution in [0, 0.1) is 17.6 Å². The summed E-state index contributed by atoms with van der Waals surface area (Å²) in [5.74, 6) is -1.94. The summed E-state index contributed by atoms with van der Waals surface area (Å²) in [6, 6.07) is 2.95. The van der Waals surface area contributed by atoms with E-state index in [1.54, 1.807) is 0 Å². The molecule has 4 rings (SSSR count). The second kappa shape index (κ2) is 9.94. The molecular weight excluding hydrogens is 418 g/mol. The molecule has 0 unspecified atom stereocenters. The van der Waals surface area contributed by atoms with Crippen LogP contribution < -0.4 is 0 Å². The van der Waals surface area contributed by atoms with Gasteiger partial charge in [0.1, 0.15) is 11.6 Å².